The molecular weight excluding hydrogens is 396 g/mol. The second-order valence-corrected chi connectivity index (χ2v) is 7.72. The summed E-state index contributed by atoms with van der Waals surface area (Å²) in [4.78, 5) is 14.1. The molecule has 0 bridgehead atoms. The summed E-state index contributed by atoms with van der Waals surface area (Å²) in [5.74, 6) is 1.82. The Hall–Kier alpha value is -2.51. The quantitative estimate of drug-likeness (QED) is 0.572. The van der Waals surface area contributed by atoms with Crippen LogP contribution in [-0.2, 0) is 4.79 Å². The molecule has 1 aromatic heterocycles. The van der Waals surface area contributed by atoms with Crippen LogP contribution in [0, 0.1) is 0 Å². The van der Waals surface area contributed by atoms with Crippen LogP contribution in [-0.4, -0.2) is 51.5 Å². The summed E-state index contributed by atoms with van der Waals surface area (Å²) >= 11 is 7.45. The van der Waals surface area contributed by atoms with Crippen molar-refractivity contribution in [3.8, 4) is 22.8 Å². The molecule has 1 aliphatic rings. The Morgan fingerprint density at radius 1 is 1.14 bits per heavy atom. The largest absolute Gasteiger partial charge is 0.496 e. The van der Waals surface area contributed by atoms with Crippen molar-refractivity contribution < 1.29 is 9.53 Å². The molecule has 2 heterocycles. The Morgan fingerprint density at radius 3 is 2.57 bits per heavy atom. The molecule has 28 heavy (non-hydrogen) atoms. The first-order chi connectivity index (χ1) is 13.7. The number of benzene rings is 2. The molecule has 6 nitrogen and oxygen atoms in total. The van der Waals surface area contributed by atoms with E-state index in [9.17, 15) is 4.79 Å². The molecule has 0 spiro atoms. The number of halogens is 1. The highest BCUT2D eigenvalue weighted by Gasteiger charge is 2.23. The predicted molar refractivity (Wildman–Crippen MR) is 110 cm³/mol. The van der Waals surface area contributed by atoms with Crippen LogP contribution in [0.2, 0.25) is 5.02 Å². The van der Waals surface area contributed by atoms with Gasteiger partial charge in [-0.3, -0.25) is 9.36 Å². The van der Waals surface area contributed by atoms with Gasteiger partial charge in [0, 0.05) is 23.8 Å². The zero-order valence-electron chi connectivity index (χ0n) is 15.3. The number of ether oxygens (including phenoxy) is 1. The number of rotatable bonds is 6. The van der Waals surface area contributed by atoms with Crippen molar-refractivity contribution in [3.63, 3.8) is 0 Å². The second kappa shape index (κ2) is 8.24. The molecule has 1 fully saturated rings. The van der Waals surface area contributed by atoms with Gasteiger partial charge in [-0.05, 0) is 42.8 Å². The van der Waals surface area contributed by atoms with Crippen LogP contribution >= 0.6 is 23.4 Å². The lowest BCUT2D eigenvalue weighted by Crippen LogP contribution is -2.43. The van der Waals surface area contributed by atoms with Crippen LogP contribution < -0.4 is 4.74 Å². The van der Waals surface area contributed by atoms with Crippen molar-refractivity contribution in [2.75, 3.05) is 26.0 Å². The molecule has 0 atom stereocenters. The van der Waals surface area contributed by atoms with Gasteiger partial charge in [0.05, 0.1) is 18.4 Å². The molecule has 0 unspecified atom stereocenters. The van der Waals surface area contributed by atoms with Gasteiger partial charge in [-0.2, -0.15) is 0 Å². The van der Waals surface area contributed by atoms with Crippen LogP contribution in [0.3, 0.4) is 0 Å². The summed E-state index contributed by atoms with van der Waals surface area (Å²) in [6.45, 7) is 1.69. The molecular formula is C20H19ClN4O2S. The normalized spacial score (nSPS) is 13.3. The van der Waals surface area contributed by atoms with Crippen LogP contribution in [0.25, 0.3) is 17.1 Å². The first-order valence-corrected chi connectivity index (χ1v) is 10.3. The molecule has 0 aliphatic carbocycles. The molecule has 0 saturated carbocycles. The number of para-hydroxylation sites is 1. The van der Waals surface area contributed by atoms with Gasteiger partial charge in [0.2, 0.25) is 5.91 Å². The highest BCUT2D eigenvalue weighted by Crippen LogP contribution is 2.33. The molecule has 8 heteroatoms. The summed E-state index contributed by atoms with van der Waals surface area (Å²) in [5, 5.41) is 10.1. The summed E-state index contributed by atoms with van der Waals surface area (Å²) in [6.07, 6.45) is 1.08. The molecule has 1 aliphatic heterocycles. The second-order valence-electron chi connectivity index (χ2n) is 6.34. The fourth-order valence-electron chi connectivity index (χ4n) is 2.97. The minimum Gasteiger partial charge on any atom is -0.496 e. The summed E-state index contributed by atoms with van der Waals surface area (Å²) < 4.78 is 7.43. The zero-order valence-corrected chi connectivity index (χ0v) is 16.9. The number of carbonyl (C=O) groups is 1. The summed E-state index contributed by atoms with van der Waals surface area (Å²) in [6, 6.07) is 15.1. The number of amides is 1. The van der Waals surface area contributed by atoms with E-state index in [1.807, 2.05) is 58.0 Å². The lowest BCUT2D eigenvalue weighted by molar-refractivity contribution is -0.131. The van der Waals surface area contributed by atoms with Crippen LogP contribution in [0.4, 0.5) is 0 Å². The van der Waals surface area contributed by atoms with Crippen molar-refractivity contribution in [2.24, 2.45) is 0 Å². The molecule has 1 amide bonds. The minimum atomic E-state index is 0.126. The number of hydrogen-bond donors (Lipinski definition) is 0. The smallest absolute Gasteiger partial charge is 0.233 e. The van der Waals surface area contributed by atoms with Gasteiger partial charge in [0.25, 0.3) is 0 Å². The minimum absolute atomic E-state index is 0.126. The van der Waals surface area contributed by atoms with E-state index in [-0.39, 0.29) is 5.91 Å². The van der Waals surface area contributed by atoms with Gasteiger partial charge < -0.3 is 9.64 Å². The topological polar surface area (TPSA) is 60.3 Å². The van der Waals surface area contributed by atoms with E-state index in [2.05, 4.69) is 10.2 Å². The van der Waals surface area contributed by atoms with E-state index >= 15 is 0 Å². The van der Waals surface area contributed by atoms with E-state index in [1.165, 1.54) is 11.8 Å². The first kappa shape index (κ1) is 18.8. The average molecular weight is 415 g/mol. The molecule has 4 rings (SSSR count). The summed E-state index contributed by atoms with van der Waals surface area (Å²) in [7, 11) is 1.63. The van der Waals surface area contributed by atoms with E-state index < -0.39 is 0 Å². The number of thioether (sulfide) groups is 1. The van der Waals surface area contributed by atoms with Crippen molar-refractivity contribution in [3.05, 3.63) is 53.6 Å². The van der Waals surface area contributed by atoms with Gasteiger partial charge in [-0.15, -0.1) is 10.2 Å². The van der Waals surface area contributed by atoms with Gasteiger partial charge in [0.1, 0.15) is 5.75 Å². The Kier molecular flexibility index (Phi) is 5.54. The maximum absolute atomic E-state index is 12.3. The van der Waals surface area contributed by atoms with Gasteiger partial charge in [-0.1, -0.05) is 35.5 Å². The Morgan fingerprint density at radius 2 is 1.89 bits per heavy atom. The summed E-state index contributed by atoms with van der Waals surface area (Å²) in [5.41, 5.74) is 1.70. The highest BCUT2D eigenvalue weighted by atomic mass is 35.5. The van der Waals surface area contributed by atoms with Gasteiger partial charge in [0.15, 0.2) is 11.0 Å². The SMILES string of the molecule is COc1ccccc1-c1nnc(SCC(=O)N2CCC2)n1-c1ccc(Cl)cc1. The highest BCUT2D eigenvalue weighted by molar-refractivity contribution is 7.99. The fraction of sp³-hybridized carbons (Fsp3) is 0.250. The Bertz CT molecular complexity index is 986. The molecule has 1 saturated heterocycles. The average Bonchev–Trinajstić information content (AvgIpc) is 3.09. The number of likely N-dealkylation sites (tertiary alicyclic amines) is 1. The van der Waals surface area contributed by atoms with Gasteiger partial charge >= 0.3 is 0 Å². The van der Waals surface area contributed by atoms with Crippen LogP contribution in [0.5, 0.6) is 5.75 Å². The maximum Gasteiger partial charge on any atom is 0.233 e. The third-order valence-electron chi connectivity index (χ3n) is 4.60. The maximum atomic E-state index is 12.3. The van der Waals surface area contributed by atoms with Crippen molar-refractivity contribution in [1.82, 2.24) is 19.7 Å². The van der Waals surface area contributed by atoms with Crippen molar-refractivity contribution in [2.45, 2.75) is 11.6 Å². The lowest BCUT2D eigenvalue weighted by Gasteiger charge is -2.30. The van der Waals surface area contributed by atoms with Crippen LogP contribution in [0.15, 0.2) is 53.7 Å². The van der Waals surface area contributed by atoms with Crippen molar-refractivity contribution in [1.29, 1.82) is 0 Å². The van der Waals surface area contributed by atoms with E-state index in [0.717, 1.165) is 30.8 Å². The van der Waals surface area contributed by atoms with Crippen LogP contribution in [0.1, 0.15) is 6.42 Å². The first-order valence-electron chi connectivity index (χ1n) is 8.92. The van der Waals surface area contributed by atoms with E-state index in [4.69, 9.17) is 16.3 Å². The standard InChI is InChI=1S/C20H19ClN4O2S/c1-27-17-6-3-2-5-16(17)19-22-23-20(28-13-18(26)24-11-4-12-24)25(19)15-9-7-14(21)8-10-15/h2-3,5-10H,4,11-13H2,1H3. The number of methoxy groups -OCH3 is 1. The van der Waals surface area contributed by atoms with E-state index in [0.29, 0.717) is 27.5 Å². The zero-order chi connectivity index (χ0) is 19.5. The van der Waals surface area contributed by atoms with Crippen molar-refractivity contribution >= 4 is 29.3 Å². The number of carbonyl (C=O) groups excluding carboxylic acids is 1. The number of nitrogens with zero attached hydrogens (tertiary/aromatic N) is 4. The molecule has 0 N–H and O–H groups in total. The third kappa shape index (κ3) is 3.72. The third-order valence-corrected chi connectivity index (χ3v) is 5.77. The number of hydrogen-bond acceptors (Lipinski definition) is 5. The molecule has 0 radical (unpaired) electrons. The monoisotopic (exact) mass is 414 g/mol. The molecule has 2 aromatic carbocycles. The predicted octanol–water partition coefficient (Wildman–Crippen LogP) is 3.92. The van der Waals surface area contributed by atoms with Gasteiger partial charge in [-0.25, -0.2) is 0 Å². The Balaban J connectivity index is 1.73. The molecule has 144 valence electrons. The molecule has 3 aromatic rings. The Labute approximate surface area is 172 Å². The fourth-order valence-corrected chi connectivity index (χ4v) is 3.95. The lowest BCUT2D eigenvalue weighted by atomic mass is 10.2. The number of aromatic nitrogens is 3. The van der Waals surface area contributed by atoms with E-state index in [1.54, 1.807) is 7.11 Å².